The smallest absolute Gasteiger partial charge is 0.136 e. The number of anilines is 1. The lowest BCUT2D eigenvalue weighted by molar-refractivity contribution is 0.617. The molecule has 0 bridgehead atoms. The fourth-order valence-electron chi connectivity index (χ4n) is 1.45. The van der Waals surface area contributed by atoms with E-state index in [0.717, 1.165) is 11.3 Å². The van der Waals surface area contributed by atoms with Gasteiger partial charge in [-0.25, -0.2) is 0 Å². The number of fused-ring (bicyclic) bond motifs is 1. The van der Waals surface area contributed by atoms with E-state index in [1.54, 1.807) is 6.26 Å². The van der Waals surface area contributed by atoms with Crippen molar-refractivity contribution in [2.24, 2.45) is 0 Å². The maximum Gasteiger partial charge on any atom is 0.136 e. The zero-order valence-corrected chi connectivity index (χ0v) is 7.22. The summed E-state index contributed by atoms with van der Waals surface area (Å²) in [5, 5.41) is 4.28. The molecule has 1 aromatic carbocycles. The van der Waals surface area contributed by atoms with Crippen molar-refractivity contribution in [2.45, 2.75) is 6.92 Å². The van der Waals surface area contributed by atoms with Crippen LogP contribution in [0.4, 0.5) is 5.69 Å². The van der Waals surface area contributed by atoms with Gasteiger partial charge < -0.3 is 9.73 Å². The fourth-order valence-corrected chi connectivity index (χ4v) is 1.45. The molecule has 1 heterocycles. The number of nitrogens with one attached hydrogen (secondary N) is 1. The summed E-state index contributed by atoms with van der Waals surface area (Å²) in [6, 6.07) is 6.06. The number of rotatable bonds is 1. The maximum absolute atomic E-state index is 5.36. The molecular weight excluding hydrogens is 150 g/mol. The lowest BCUT2D eigenvalue weighted by atomic mass is 10.1. The Morgan fingerprint density at radius 1 is 1.33 bits per heavy atom. The van der Waals surface area contributed by atoms with Crippen LogP contribution in [0.2, 0.25) is 0 Å². The van der Waals surface area contributed by atoms with Crippen LogP contribution in [0, 0.1) is 6.92 Å². The zero-order chi connectivity index (χ0) is 8.55. The highest BCUT2D eigenvalue weighted by Crippen LogP contribution is 2.27. The van der Waals surface area contributed by atoms with Crippen molar-refractivity contribution in [3.05, 3.63) is 30.0 Å². The minimum absolute atomic E-state index is 0.944. The van der Waals surface area contributed by atoms with E-state index in [4.69, 9.17) is 4.42 Å². The summed E-state index contributed by atoms with van der Waals surface area (Å²) in [5.74, 6) is 0. The normalized spacial score (nSPS) is 10.5. The molecule has 2 aromatic rings. The first kappa shape index (κ1) is 7.22. The van der Waals surface area contributed by atoms with Gasteiger partial charge in [0.2, 0.25) is 0 Å². The summed E-state index contributed by atoms with van der Waals surface area (Å²) >= 11 is 0. The first-order valence-electron chi connectivity index (χ1n) is 3.97. The number of furan rings is 1. The van der Waals surface area contributed by atoms with Crippen LogP contribution in [0.3, 0.4) is 0 Å². The molecule has 0 spiro atoms. The molecule has 0 saturated carbocycles. The van der Waals surface area contributed by atoms with Crippen molar-refractivity contribution in [1.82, 2.24) is 0 Å². The molecule has 0 unspecified atom stereocenters. The van der Waals surface area contributed by atoms with Crippen LogP contribution in [0.25, 0.3) is 11.0 Å². The Balaban J connectivity index is 2.83. The van der Waals surface area contributed by atoms with Crippen molar-refractivity contribution >= 4 is 16.7 Å². The molecule has 12 heavy (non-hydrogen) atoms. The highest BCUT2D eigenvalue weighted by molar-refractivity contribution is 5.93. The van der Waals surface area contributed by atoms with E-state index >= 15 is 0 Å². The first-order chi connectivity index (χ1) is 5.83. The van der Waals surface area contributed by atoms with Gasteiger partial charge in [-0.1, -0.05) is 12.1 Å². The van der Waals surface area contributed by atoms with Gasteiger partial charge >= 0.3 is 0 Å². The van der Waals surface area contributed by atoms with Gasteiger partial charge in [-0.3, -0.25) is 0 Å². The second-order valence-electron chi connectivity index (χ2n) is 2.85. The van der Waals surface area contributed by atoms with Gasteiger partial charge in [-0.15, -0.1) is 0 Å². The Morgan fingerprint density at radius 2 is 2.17 bits per heavy atom. The SMILES string of the molecule is CNc1coc2cccc(C)c12. The van der Waals surface area contributed by atoms with E-state index in [1.807, 2.05) is 19.2 Å². The minimum atomic E-state index is 0.944. The van der Waals surface area contributed by atoms with Crippen LogP contribution >= 0.6 is 0 Å². The van der Waals surface area contributed by atoms with E-state index < -0.39 is 0 Å². The summed E-state index contributed by atoms with van der Waals surface area (Å²) in [6.45, 7) is 2.08. The summed E-state index contributed by atoms with van der Waals surface area (Å²) < 4.78 is 5.36. The molecule has 1 aromatic heterocycles. The zero-order valence-electron chi connectivity index (χ0n) is 7.22. The average molecular weight is 161 g/mol. The minimum Gasteiger partial charge on any atom is -0.462 e. The molecule has 62 valence electrons. The van der Waals surface area contributed by atoms with Gasteiger partial charge in [0.15, 0.2) is 0 Å². The highest BCUT2D eigenvalue weighted by Gasteiger charge is 2.05. The first-order valence-corrected chi connectivity index (χ1v) is 3.97. The molecule has 0 radical (unpaired) electrons. The number of hydrogen-bond acceptors (Lipinski definition) is 2. The Labute approximate surface area is 71.2 Å². The molecule has 0 aliphatic carbocycles. The third-order valence-corrected chi connectivity index (χ3v) is 2.08. The summed E-state index contributed by atoms with van der Waals surface area (Å²) in [7, 11) is 1.90. The Morgan fingerprint density at radius 3 is 2.92 bits per heavy atom. The summed E-state index contributed by atoms with van der Waals surface area (Å²) in [5.41, 5.74) is 3.24. The van der Waals surface area contributed by atoms with Crippen LogP contribution in [0.5, 0.6) is 0 Å². The van der Waals surface area contributed by atoms with Crippen molar-refractivity contribution in [3.8, 4) is 0 Å². The van der Waals surface area contributed by atoms with E-state index in [-0.39, 0.29) is 0 Å². The standard InChI is InChI=1S/C10H11NO/c1-7-4-3-5-9-10(7)8(11-2)6-12-9/h3-6,11H,1-2H3. The molecule has 0 atom stereocenters. The lowest BCUT2D eigenvalue weighted by Gasteiger charge is -1.97. The Bertz CT molecular complexity index is 403. The third-order valence-electron chi connectivity index (χ3n) is 2.08. The van der Waals surface area contributed by atoms with Crippen LogP contribution in [0.1, 0.15) is 5.56 Å². The van der Waals surface area contributed by atoms with E-state index in [2.05, 4.69) is 18.3 Å². The third kappa shape index (κ3) is 0.881. The van der Waals surface area contributed by atoms with Gasteiger partial charge in [0.1, 0.15) is 11.8 Å². The lowest BCUT2D eigenvalue weighted by Crippen LogP contribution is -1.85. The molecule has 2 rings (SSSR count). The van der Waals surface area contributed by atoms with E-state index in [1.165, 1.54) is 10.9 Å². The quantitative estimate of drug-likeness (QED) is 0.695. The second kappa shape index (κ2) is 2.55. The van der Waals surface area contributed by atoms with Crippen molar-refractivity contribution in [3.63, 3.8) is 0 Å². The fraction of sp³-hybridized carbons (Fsp3) is 0.200. The Kier molecular flexibility index (Phi) is 1.54. The number of hydrogen-bond donors (Lipinski definition) is 1. The van der Waals surface area contributed by atoms with Gasteiger partial charge in [0.05, 0.1) is 5.69 Å². The van der Waals surface area contributed by atoms with Crippen LogP contribution in [-0.2, 0) is 0 Å². The van der Waals surface area contributed by atoms with E-state index in [9.17, 15) is 0 Å². The second-order valence-corrected chi connectivity index (χ2v) is 2.85. The molecule has 2 nitrogen and oxygen atoms in total. The van der Waals surface area contributed by atoms with Gasteiger partial charge in [-0.05, 0) is 18.6 Å². The number of benzene rings is 1. The van der Waals surface area contributed by atoms with Crippen LogP contribution in [-0.4, -0.2) is 7.05 Å². The summed E-state index contributed by atoms with van der Waals surface area (Å²) in [4.78, 5) is 0. The predicted molar refractivity (Wildman–Crippen MR) is 50.5 cm³/mol. The molecule has 0 aliphatic heterocycles. The molecule has 0 saturated heterocycles. The summed E-state index contributed by atoms with van der Waals surface area (Å²) in [6.07, 6.45) is 1.75. The average Bonchev–Trinajstić information content (AvgIpc) is 2.49. The van der Waals surface area contributed by atoms with E-state index in [0.29, 0.717) is 0 Å². The predicted octanol–water partition coefficient (Wildman–Crippen LogP) is 2.78. The van der Waals surface area contributed by atoms with Crippen molar-refractivity contribution in [2.75, 3.05) is 12.4 Å². The topological polar surface area (TPSA) is 25.2 Å². The number of aryl methyl sites for hydroxylation is 1. The van der Waals surface area contributed by atoms with Crippen LogP contribution in [0.15, 0.2) is 28.9 Å². The Hall–Kier alpha value is -1.44. The molecular formula is C10H11NO. The molecule has 1 N–H and O–H groups in total. The molecule has 0 fully saturated rings. The largest absolute Gasteiger partial charge is 0.462 e. The maximum atomic E-state index is 5.36. The van der Waals surface area contributed by atoms with Gasteiger partial charge in [0.25, 0.3) is 0 Å². The molecule has 2 heteroatoms. The molecule has 0 aliphatic rings. The van der Waals surface area contributed by atoms with Crippen LogP contribution < -0.4 is 5.32 Å². The van der Waals surface area contributed by atoms with Gasteiger partial charge in [-0.2, -0.15) is 0 Å². The molecule has 0 amide bonds. The monoisotopic (exact) mass is 161 g/mol. The van der Waals surface area contributed by atoms with Crippen molar-refractivity contribution < 1.29 is 4.42 Å². The van der Waals surface area contributed by atoms with Gasteiger partial charge in [0, 0.05) is 12.4 Å². The highest BCUT2D eigenvalue weighted by atomic mass is 16.3. The van der Waals surface area contributed by atoms with Crippen molar-refractivity contribution in [1.29, 1.82) is 0 Å².